The van der Waals surface area contributed by atoms with E-state index < -0.39 is 16.6 Å². The van der Waals surface area contributed by atoms with E-state index in [-0.39, 0.29) is 11.4 Å². The van der Waals surface area contributed by atoms with Crippen molar-refractivity contribution in [1.29, 1.82) is 0 Å². The molecule has 0 aliphatic carbocycles. The van der Waals surface area contributed by atoms with Gasteiger partial charge in [-0.15, -0.1) is 11.3 Å². The molecule has 1 amide bonds. The highest BCUT2D eigenvalue weighted by molar-refractivity contribution is 7.13. The lowest BCUT2D eigenvalue weighted by Crippen LogP contribution is -2.13. The largest absolute Gasteiger partial charge is 0.318 e. The molecular weight excluding hydrogens is 309 g/mol. The van der Waals surface area contributed by atoms with Gasteiger partial charge in [0.25, 0.3) is 11.6 Å². The van der Waals surface area contributed by atoms with Crippen molar-refractivity contribution in [3.63, 3.8) is 0 Å². The van der Waals surface area contributed by atoms with E-state index in [2.05, 4.69) is 10.3 Å². The van der Waals surface area contributed by atoms with E-state index >= 15 is 0 Å². The molecule has 1 heterocycles. The van der Waals surface area contributed by atoms with E-state index in [9.17, 15) is 19.3 Å². The van der Waals surface area contributed by atoms with E-state index in [0.29, 0.717) is 10.6 Å². The van der Waals surface area contributed by atoms with E-state index in [1.807, 2.05) is 6.92 Å². The van der Waals surface area contributed by atoms with Gasteiger partial charge >= 0.3 is 0 Å². The van der Waals surface area contributed by atoms with Crippen LogP contribution in [0.15, 0.2) is 18.2 Å². The summed E-state index contributed by atoms with van der Waals surface area (Å²) >= 11 is 1.25. The number of rotatable bonds is 5. The van der Waals surface area contributed by atoms with Crippen LogP contribution in [0.1, 0.15) is 33.7 Å². The number of benzene rings is 1. The van der Waals surface area contributed by atoms with Gasteiger partial charge < -0.3 is 5.32 Å². The smallest absolute Gasteiger partial charge is 0.271 e. The number of amides is 1. The van der Waals surface area contributed by atoms with Crippen LogP contribution in [0.25, 0.3) is 0 Å². The summed E-state index contributed by atoms with van der Waals surface area (Å²) in [5.41, 5.74) is 0.0604. The summed E-state index contributed by atoms with van der Waals surface area (Å²) in [7, 11) is 0. The first kappa shape index (κ1) is 16.0. The van der Waals surface area contributed by atoms with Crippen molar-refractivity contribution < 1.29 is 14.1 Å². The standard InChI is InChI=1S/C14H14FN3O3S/c1-3-4-12-16-8(2)13(22-12)14(19)17-11-7-9(18(20)21)5-6-10(11)15/h5-7H,3-4H2,1-2H3,(H,17,19). The van der Waals surface area contributed by atoms with Gasteiger partial charge in [0, 0.05) is 12.1 Å². The molecule has 0 bridgehead atoms. The first-order chi connectivity index (χ1) is 10.4. The highest BCUT2D eigenvalue weighted by atomic mass is 32.1. The van der Waals surface area contributed by atoms with Gasteiger partial charge in [-0.3, -0.25) is 14.9 Å². The van der Waals surface area contributed by atoms with Gasteiger partial charge in [-0.25, -0.2) is 9.37 Å². The molecule has 1 aromatic heterocycles. The quantitative estimate of drug-likeness (QED) is 0.671. The average molecular weight is 323 g/mol. The molecule has 0 spiro atoms. The summed E-state index contributed by atoms with van der Waals surface area (Å²) in [4.78, 5) is 26.9. The maximum absolute atomic E-state index is 13.7. The Hall–Kier alpha value is -2.35. The van der Waals surface area contributed by atoms with Crippen molar-refractivity contribution in [3.05, 3.63) is 49.7 Å². The molecule has 2 aromatic rings. The number of nitro benzene ring substituents is 1. The Balaban J connectivity index is 2.25. The van der Waals surface area contributed by atoms with Gasteiger partial charge in [0.2, 0.25) is 0 Å². The molecule has 2 rings (SSSR count). The third-order valence-electron chi connectivity index (χ3n) is 2.92. The SMILES string of the molecule is CCCc1nc(C)c(C(=O)Nc2cc([N+](=O)[O-])ccc2F)s1. The van der Waals surface area contributed by atoms with Crippen molar-refractivity contribution in [2.45, 2.75) is 26.7 Å². The van der Waals surface area contributed by atoms with Crippen LogP contribution in [0.4, 0.5) is 15.8 Å². The zero-order valence-electron chi connectivity index (χ0n) is 12.1. The lowest BCUT2D eigenvalue weighted by Gasteiger charge is -2.05. The predicted octanol–water partition coefficient (Wildman–Crippen LogP) is 3.70. The Morgan fingerprint density at radius 3 is 2.86 bits per heavy atom. The van der Waals surface area contributed by atoms with Gasteiger partial charge in [0.05, 0.1) is 21.3 Å². The molecule has 6 nitrogen and oxygen atoms in total. The summed E-state index contributed by atoms with van der Waals surface area (Å²) in [6.07, 6.45) is 1.68. The van der Waals surface area contributed by atoms with Crippen LogP contribution in [-0.4, -0.2) is 15.8 Å². The summed E-state index contributed by atoms with van der Waals surface area (Å²) in [6, 6.07) is 2.99. The molecule has 1 N–H and O–H groups in total. The number of carbonyl (C=O) groups is 1. The highest BCUT2D eigenvalue weighted by Gasteiger charge is 2.18. The summed E-state index contributed by atoms with van der Waals surface area (Å²) in [5.74, 6) is -1.24. The lowest BCUT2D eigenvalue weighted by molar-refractivity contribution is -0.384. The Kier molecular flexibility index (Phi) is 4.81. The molecule has 0 saturated heterocycles. The Morgan fingerprint density at radius 2 is 2.23 bits per heavy atom. The second-order valence-corrected chi connectivity index (χ2v) is 5.73. The Labute approximate surface area is 130 Å². The van der Waals surface area contributed by atoms with E-state index in [0.717, 1.165) is 36.0 Å². The number of aromatic nitrogens is 1. The lowest BCUT2D eigenvalue weighted by atomic mass is 10.2. The molecule has 0 unspecified atom stereocenters. The number of aryl methyl sites for hydroxylation is 2. The number of nitrogens with zero attached hydrogens (tertiary/aromatic N) is 2. The normalized spacial score (nSPS) is 10.5. The molecule has 116 valence electrons. The zero-order chi connectivity index (χ0) is 16.3. The molecule has 8 heteroatoms. The van der Waals surface area contributed by atoms with Crippen LogP contribution in [0.5, 0.6) is 0 Å². The monoisotopic (exact) mass is 323 g/mol. The number of halogens is 1. The molecule has 0 atom stereocenters. The van der Waals surface area contributed by atoms with Crippen molar-refractivity contribution in [3.8, 4) is 0 Å². The fourth-order valence-electron chi connectivity index (χ4n) is 1.89. The summed E-state index contributed by atoms with van der Waals surface area (Å²) in [5, 5.41) is 13.9. The molecule has 0 aliphatic heterocycles. The minimum Gasteiger partial charge on any atom is -0.318 e. The van der Waals surface area contributed by atoms with Crippen LogP contribution in [-0.2, 0) is 6.42 Å². The Bertz CT molecular complexity index is 730. The van der Waals surface area contributed by atoms with Crippen LogP contribution in [0, 0.1) is 22.9 Å². The number of carbonyl (C=O) groups excluding carboxylic acids is 1. The predicted molar refractivity (Wildman–Crippen MR) is 81.9 cm³/mol. The molecule has 22 heavy (non-hydrogen) atoms. The van der Waals surface area contributed by atoms with Gasteiger partial charge in [-0.05, 0) is 25.8 Å². The van der Waals surface area contributed by atoms with Crippen molar-refractivity contribution in [2.24, 2.45) is 0 Å². The summed E-state index contributed by atoms with van der Waals surface area (Å²) in [6.45, 7) is 3.71. The molecule has 1 aromatic carbocycles. The van der Waals surface area contributed by atoms with Gasteiger partial charge in [0.15, 0.2) is 0 Å². The van der Waals surface area contributed by atoms with Crippen molar-refractivity contribution in [2.75, 3.05) is 5.32 Å². The average Bonchev–Trinajstić information content (AvgIpc) is 2.82. The molecule has 0 radical (unpaired) electrons. The molecule has 0 aliphatic rings. The molecular formula is C14H14FN3O3S. The third kappa shape index (κ3) is 3.45. The third-order valence-corrected chi connectivity index (χ3v) is 4.14. The first-order valence-corrected chi connectivity index (χ1v) is 7.45. The number of thiazole rings is 1. The van der Waals surface area contributed by atoms with E-state index in [1.54, 1.807) is 6.92 Å². The first-order valence-electron chi connectivity index (χ1n) is 6.64. The molecule has 0 saturated carbocycles. The van der Waals surface area contributed by atoms with E-state index in [1.165, 1.54) is 11.3 Å². The second-order valence-electron chi connectivity index (χ2n) is 4.65. The highest BCUT2D eigenvalue weighted by Crippen LogP contribution is 2.24. The van der Waals surface area contributed by atoms with Gasteiger partial charge in [-0.2, -0.15) is 0 Å². The van der Waals surface area contributed by atoms with Crippen LogP contribution < -0.4 is 5.32 Å². The number of anilines is 1. The van der Waals surface area contributed by atoms with Crippen LogP contribution >= 0.6 is 11.3 Å². The number of hydrogen-bond donors (Lipinski definition) is 1. The zero-order valence-corrected chi connectivity index (χ0v) is 12.9. The number of hydrogen-bond acceptors (Lipinski definition) is 5. The van der Waals surface area contributed by atoms with Gasteiger partial charge in [0.1, 0.15) is 10.7 Å². The minimum absolute atomic E-state index is 0.218. The molecule has 0 fully saturated rings. The maximum atomic E-state index is 13.7. The number of non-ortho nitro benzene ring substituents is 1. The van der Waals surface area contributed by atoms with Gasteiger partial charge in [-0.1, -0.05) is 6.92 Å². The van der Waals surface area contributed by atoms with Crippen LogP contribution in [0.3, 0.4) is 0 Å². The number of nitrogens with one attached hydrogen (secondary N) is 1. The van der Waals surface area contributed by atoms with Crippen molar-refractivity contribution in [1.82, 2.24) is 4.98 Å². The van der Waals surface area contributed by atoms with E-state index in [4.69, 9.17) is 0 Å². The number of nitro groups is 1. The maximum Gasteiger partial charge on any atom is 0.271 e. The second kappa shape index (κ2) is 6.61. The van der Waals surface area contributed by atoms with Crippen molar-refractivity contribution >= 4 is 28.6 Å². The topological polar surface area (TPSA) is 85.1 Å². The van der Waals surface area contributed by atoms with Crippen LogP contribution in [0.2, 0.25) is 0 Å². The summed E-state index contributed by atoms with van der Waals surface area (Å²) < 4.78 is 13.7. The minimum atomic E-state index is -0.727. The fraction of sp³-hybridized carbons (Fsp3) is 0.286. The fourth-order valence-corrected chi connectivity index (χ4v) is 2.95. The Morgan fingerprint density at radius 1 is 1.50 bits per heavy atom.